The van der Waals surface area contributed by atoms with Crippen molar-refractivity contribution in [1.82, 2.24) is 9.80 Å². The average molecular weight is 252 g/mol. The van der Waals surface area contributed by atoms with Crippen LogP contribution < -0.4 is 0 Å². The Labute approximate surface area is 114 Å². The lowest BCUT2D eigenvalue weighted by Gasteiger charge is -2.44. The predicted molar refractivity (Wildman–Crippen MR) is 78.8 cm³/mol. The number of hydrogen-bond acceptors (Lipinski definition) is 2. The smallest absolute Gasteiger partial charge is 0.0277 e. The van der Waals surface area contributed by atoms with Crippen LogP contribution in [0.25, 0.3) is 0 Å². The van der Waals surface area contributed by atoms with Crippen LogP contribution >= 0.6 is 0 Å². The summed E-state index contributed by atoms with van der Waals surface area (Å²) in [6, 6.07) is 2.10. The molecule has 0 aliphatic carbocycles. The summed E-state index contributed by atoms with van der Waals surface area (Å²) in [4.78, 5) is 5.51. The van der Waals surface area contributed by atoms with Crippen LogP contribution in [0, 0.1) is 11.3 Å². The van der Waals surface area contributed by atoms with E-state index in [1.807, 2.05) is 0 Å². The van der Waals surface area contributed by atoms with Crippen LogP contribution in [0.5, 0.6) is 0 Å². The summed E-state index contributed by atoms with van der Waals surface area (Å²) in [6.07, 6.45) is 2.81. The van der Waals surface area contributed by atoms with Crippen molar-refractivity contribution >= 4 is 0 Å². The molecule has 0 radical (unpaired) electrons. The van der Waals surface area contributed by atoms with Crippen LogP contribution in [0.3, 0.4) is 0 Å². The van der Waals surface area contributed by atoms with Crippen molar-refractivity contribution < 1.29 is 0 Å². The average Bonchev–Trinajstić information content (AvgIpc) is 2.51. The van der Waals surface area contributed by atoms with Gasteiger partial charge in [-0.1, -0.05) is 13.8 Å². The van der Waals surface area contributed by atoms with Crippen molar-refractivity contribution in [3.8, 4) is 0 Å². The molecule has 2 heterocycles. The maximum absolute atomic E-state index is 2.79. The molecule has 2 saturated heterocycles. The third-order valence-corrected chi connectivity index (χ3v) is 5.26. The molecular weight excluding hydrogens is 220 g/mol. The van der Waals surface area contributed by atoms with Gasteiger partial charge in [0.15, 0.2) is 0 Å². The maximum atomic E-state index is 2.79. The SMILES string of the molecule is CC(C)N1CC2CCC(C)(C)C(C1)N(C(C)C)C2. The van der Waals surface area contributed by atoms with E-state index in [0.29, 0.717) is 17.5 Å². The molecule has 0 saturated carbocycles. The fourth-order valence-electron chi connectivity index (χ4n) is 3.83. The van der Waals surface area contributed by atoms with Crippen molar-refractivity contribution in [2.45, 2.75) is 72.5 Å². The molecule has 2 rings (SSSR count). The van der Waals surface area contributed by atoms with Gasteiger partial charge in [0.1, 0.15) is 0 Å². The first-order valence-electron chi connectivity index (χ1n) is 7.81. The van der Waals surface area contributed by atoms with Gasteiger partial charge in [0.05, 0.1) is 0 Å². The van der Waals surface area contributed by atoms with Gasteiger partial charge in [-0.3, -0.25) is 9.80 Å². The number of hydrogen-bond donors (Lipinski definition) is 0. The van der Waals surface area contributed by atoms with Gasteiger partial charge in [0.25, 0.3) is 0 Å². The first-order chi connectivity index (χ1) is 8.31. The summed E-state index contributed by atoms with van der Waals surface area (Å²) >= 11 is 0. The van der Waals surface area contributed by atoms with E-state index in [4.69, 9.17) is 0 Å². The minimum Gasteiger partial charge on any atom is -0.299 e. The zero-order valence-corrected chi connectivity index (χ0v) is 13.2. The monoisotopic (exact) mass is 252 g/mol. The summed E-state index contributed by atoms with van der Waals surface area (Å²) in [5.41, 5.74) is 0.465. The Morgan fingerprint density at radius 3 is 2.17 bits per heavy atom. The van der Waals surface area contributed by atoms with Crippen molar-refractivity contribution in [2.75, 3.05) is 19.6 Å². The molecule has 0 N–H and O–H groups in total. The quantitative estimate of drug-likeness (QED) is 0.744. The van der Waals surface area contributed by atoms with Crippen molar-refractivity contribution in [3.05, 3.63) is 0 Å². The molecule has 0 aromatic rings. The fourth-order valence-corrected chi connectivity index (χ4v) is 3.83. The second kappa shape index (κ2) is 5.13. The number of rotatable bonds is 2. The highest BCUT2D eigenvalue weighted by atomic mass is 15.3. The molecule has 2 heteroatoms. The van der Waals surface area contributed by atoms with Crippen LogP contribution in [0.15, 0.2) is 0 Å². The molecule has 106 valence electrons. The number of fused-ring (bicyclic) bond motifs is 3. The Balaban J connectivity index is 2.29. The van der Waals surface area contributed by atoms with Gasteiger partial charge in [0, 0.05) is 37.8 Å². The highest BCUT2D eigenvalue weighted by Crippen LogP contribution is 2.40. The Morgan fingerprint density at radius 1 is 0.944 bits per heavy atom. The third kappa shape index (κ3) is 2.75. The molecular formula is C16H32N2. The van der Waals surface area contributed by atoms with E-state index in [-0.39, 0.29) is 0 Å². The van der Waals surface area contributed by atoms with E-state index in [0.717, 1.165) is 12.0 Å². The molecule has 2 atom stereocenters. The highest BCUT2D eigenvalue weighted by Gasteiger charge is 2.43. The van der Waals surface area contributed by atoms with Gasteiger partial charge in [-0.25, -0.2) is 0 Å². The lowest BCUT2D eigenvalue weighted by atomic mass is 9.78. The van der Waals surface area contributed by atoms with Gasteiger partial charge >= 0.3 is 0 Å². The van der Waals surface area contributed by atoms with Crippen molar-refractivity contribution in [3.63, 3.8) is 0 Å². The first-order valence-corrected chi connectivity index (χ1v) is 7.81. The van der Waals surface area contributed by atoms with Gasteiger partial charge in [-0.2, -0.15) is 0 Å². The van der Waals surface area contributed by atoms with E-state index in [1.165, 1.54) is 32.5 Å². The molecule has 2 unspecified atom stereocenters. The molecule has 2 aliphatic rings. The minimum absolute atomic E-state index is 0.465. The second-order valence-corrected chi connectivity index (χ2v) is 7.75. The molecule has 2 aliphatic heterocycles. The van der Waals surface area contributed by atoms with Gasteiger partial charge in [-0.05, 0) is 51.9 Å². The summed E-state index contributed by atoms with van der Waals surface area (Å²) in [5.74, 6) is 0.876. The van der Waals surface area contributed by atoms with Gasteiger partial charge < -0.3 is 0 Å². The number of nitrogens with zero attached hydrogens (tertiary/aromatic N) is 2. The molecule has 2 nitrogen and oxygen atoms in total. The topological polar surface area (TPSA) is 6.48 Å². The van der Waals surface area contributed by atoms with Crippen molar-refractivity contribution in [2.24, 2.45) is 11.3 Å². The molecule has 18 heavy (non-hydrogen) atoms. The third-order valence-electron chi connectivity index (χ3n) is 5.26. The highest BCUT2D eigenvalue weighted by molar-refractivity contribution is 4.97. The molecule has 2 fully saturated rings. The summed E-state index contributed by atoms with van der Waals surface area (Å²) in [6.45, 7) is 18.3. The molecule has 0 amide bonds. The molecule has 0 aromatic carbocycles. The summed E-state index contributed by atoms with van der Waals surface area (Å²) < 4.78 is 0. The Hall–Kier alpha value is -0.0800. The van der Waals surface area contributed by atoms with Crippen LogP contribution in [0.4, 0.5) is 0 Å². The predicted octanol–water partition coefficient (Wildman–Crippen LogP) is 3.23. The first kappa shape index (κ1) is 14.3. The molecule has 0 aromatic heterocycles. The van der Waals surface area contributed by atoms with E-state index >= 15 is 0 Å². The molecule has 0 spiro atoms. The lowest BCUT2D eigenvalue weighted by molar-refractivity contribution is 0.0483. The van der Waals surface area contributed by atoms with E-state index in [9.17, 15) is 0 Å². The maximum Gasteiger partial charge on any atom is 0.0277 e. The Bertz CT molecular complexity index is 283. The fraction of sp³-hybridized carbons (Fsp3) is 1.00. The Kier molecular flexibility index (Phi) is 4.08. The largest absolute Gasteiger partial charge is 0.299 e. The summed E-state index contributed by atoms with van der Waals surface area (Å²) in [5, 5.41) is 0. The van der Waals surface area contributed by atoms with E-state index in [2.05, 4.69) is 51.3 Å². The zero-order valence-electron chi connectivity index (χ0n) is 13.2. The molecule has 2 bridgehead atoms. The number of likely N-dealkylation sites (tertiary alicyclic amines) is 1. The second-order valence-electron chi connectivity index (χ2n) is 7.75. The Morgan fingerprint density at radius 2 is 1.61 bits per heavy atom. The van der Waals surface area contributed by atoms with Crippen LogP contribution in [0.1, 0.15) is 54.4 Å². The minimum atomic E-state index is 0.465. The van der Waals surface area contributed by atoms with Crippen LogP contribution in [-0.2, 0) is 0 Å². The zero-order chi connectivity index (χ0) is 13.5. The van der Waals surface area contributed by atoms with Crippen LogP contribution in [-0.4, -0.2) is 47.6 Å². The lowest BCUT2D eigenvalue weighted by Crippen LogP contribution is -2.52. The van der Waals surface area contributed by atoms with Gasteiger partial charge in [-0.15, -0.1) is 0 Å². The van der Waals surface area contributed by atoms with Crippen LogP contribution in [0.2, 0.25) is 0 Å². The van der Waals surface area contributed by atoms with E-state index < -0.39 is 0 Å². The summed E-state index contributed by atoms with van der Waals surface area (Å²) in [7, 11) is 0. The van der Waals surface area contributed by atoms with E-state index in [1.54, 1.807) is 0 Å². The standard InChI is InChI=1S/C16H32N2/c1-12(2)17-9-14-7-8-16(5,6)15(11-17)18(10-14)13(3)4/h12-15H,7-11H2,1-6H3. The normalized spacial score (nSPS) is 34.0. The van der Waals surface area contributed by atoms with Gasteiger partial charge in [0.2, 0.25) is 0 Å². The van der Waals surface area contributed by atoms with Crippen molar-refractivity contribution in [1.29, 1.82) is 0 Å².